The highest BCUT2D eigenvalue weighted by molar-refractivity contribution is 5.24. The molecule has 0 aromatic carbocycles. The van der Waals surface area contributed by atoms with Crippen molar-refractivity contribution in [1.82, 2.24) is 10.2 Å². The Balaban J connectivity index is 1.89. The second-order valence-electron chi connectivity index (χ2n) is 3.33. The molecule has 1 aromatic heterocycles. The number of nitrogens with zero attached hydrogens (tertiary/aromatic N) is 2. The van der Waals surface area contributed by atoms with Gasteiger partial charge < -0.3 is 20.2 Å². The van der Waals surface area contributed by atoms with Gasteiger partial charge in [0.25, 0.3) is 0 Å². The number of nitrogen functional groups attached to an aromatic ring is 1. The van der Waals surface area contributed by atoms with Crippen LogP contribution in [0.25, 0.3) is 0 Å². The van der Waals surface area contributed by atoms with Crippen LogP contribution in [0.1, 0.15) is 19.3 Å². The maximum atomic E-state index is 5.34. The van der Waals surface area contributed by atoms with Gasteiger partial charge in [0.1, 0.15) is 0 Å². The van der Waals surface area contributed by atoms with Crippen LogP contribution in [-0.4, -0.2) is 29.5 Å². The van der Waals surface area contributed by atoms with Crippen molar-refractivity contribution in [2.75, 3.05) is 24.3 Å². The lowest BCUT2D eigenvalue weighted by Gasteiger charge is -2.12. The molecule has 1 atom stereocenters. The molecule has 6 heteroatoms. The highest BCUT2D eigenvalue weighted by Crippen LogP contribution is 2.14. The lowest BCUT2D eigenvalue weighted by atomic mass is 10.1. The van der Waals surface area contributed by atoms with Crippen LogP contribution in [0.3, 0.4) is 0 Å². The van der Waals surface area contributed by atoms with E-state index in [4.69, 9.17) is 14.9 Å². The van der Waals surface area contributed by atoms with Crippen LogP contribution < -0.4 is 11.1 Å². The molecule has 0 radical (unpaired) electrons. The van der Waals surface area contributed by atoms with E-state index in [1.807, 2.05) is 0 Å². The van der Waals surface area contributed by atoms with Gasteiger partial charge in [-0.3, -0.25) is 0 Å². The summed E-state index contributed by atoms with van der Waals surface area (Å²) < 4.78 is 10.4. The smallest absolute Gasteiger partial charge is 0.317 e. The molecule has 2 rings (SSSR count). The number of ether oxygens (including phenoxy) is 1. The van der Waals surface area contributed by atoms with Crippen molar-refractivity contribution >= 4 is 12.0 Å². The highest BCUT2D eigenvalue weighted by atomic mass is 16.5. The van der Waals surface area contributed by atoms with E-state index in [9.17, 15) is 0 Å². The first-order chi connectivity index (χ1) is 6.84. The fraction of sp³-hybridized carbons (Fsp3) is 0.750. The Bertz CT molecular complexity index is 281. The van der Waals surface area contributed by atoms with Crippen LogP contribution >= 0.6 is 0 Å². The molecule has 0 bridgehead atoms. The molecular formula is C8H14N4O2. The molecule has 6 nitrogen and oxygen atoms in total. The minimum atomic E-state index is 0.0948. The number of hydrogen-bond acceptors (Lipinski definition) is 6. The number of nitrogens with two attached hydrogens (primary N) is 1. The van der Waals surface area contributed by atoms with Gasteiger partial charge >= 0.3 is 12.0 Å². The second kappa shape index (κ2) is 4.28. The zero-order valence-electron chi connectivity index (χ0n) is 7.90. The van der Waals surface area contributed by atoms with Crippen molar-refractivity contribution < 1.29 is 9.15 Å². The Morgan fingerprint density at radius 3 is 3.00 bits per heavy atom. The van der Waals surface area contributed by atoms with E-state index in [1.54, 1.807) is 0 Å². The summed E-state index contributed by atoms with van der Waals surface area (Å²) in [5, 5.41) is 10.5. The zero-order chi connectivity index (χ0) is 9.80. The number of hydrogen-bond donors (Lipinski definition) is 2. The van der Waals surface area contributed by atoms with E-state index in [-0.39, 0.29) is 6.01 Å². The summed E-state index contributed by atoms with van der Waals surface area (Å²) in [5.74, 6) is 0. The second-order valence-corrected chi connectivity index (χ2v) is 3.33. The quantitative estimate of drug-likeness (QED) is 0.725. The summed E-state index contributed by atoms with van der Waals surface area (Å²) in [6.45, 7) is 1.62. The van der Waals surface area contributed by atoms with E-state index in [0.29, 0.717) is 12.1 Å². The molecule has 1 aliphatic heterocycles. The molecule has 14 heavy (non-hydrogen) atoms. The maximum absolute atomic E-state index is 5.34. The molecule has 1 aliphatic rings. The van der Waals surface area contributed by atoms with Crippen molar-refractivity contribution in [2.45, 2.75) is 25.3 Å². The van der Waals surface area contributed by atoms with Crippen LogP contribution in [-0.2, 0) is 4.74 Å². The van der Waals surface area contributed by atoms with Crippen LogP contribution in [0.2, 0.25) is 0 Å². The van der Waals surface area contributed by atoms with Crippen LogP contribution in [0.5, 0.6) is 0 Å². The van der Waals surface area contributed by atoms with Gasteiger partial charge in [0.15, 0.2) is 0 Å². The molecule has 0 aliphatic carbocycles. The van der Waals surface area contributed by atoms with Gasteiger partial charge in [0.05, 0.1) is 0 Å². The first kappa shape index (κ1) is 9.26. The fourth-order valence-corrected chi connectivity index (χ4v) is 1.52. The van der Waals surface area contributed by atoms with Crippen molar-refractivity contribution in [1.29, 1.82) is 0 Å². The van der Waals surface area contributed by atoms with Gasteiger partial charge in [-0.05, 0) is 19.3 Å². The average Bonchev–Trinajstić information content (AvgIpc) is 2.43. The molecule has 0 spiro atoms. The first-order valence-corrected chi connectivity index (χ1v) is 4.78. The average molecular weight is 198 g/mol. The largest absolute Gasteiger partial charge is 0.390 e. The van der Waals surface area contributed by atoms with E-state index in [0.717, 1.165) is 32.5 Å². The Morgan fingerprint density at radius 1 is 1.29 bits per heavy atom. The van der Waals surface area contributed by atoms with E-state index >= 15 is 0 Å². The van der Waals surface area contributed by atoms with Gasteiger partial charge in [0.2, 0.25) is 0 Å². The molecule has 3 N–H and O–H groups in total. The van der Waals surface area contributed by atoms with Crippen LogP contribution in [0.15, 0.2) is 4.42 Å². The van der Waals surface area contributed by atoms with Crippen molar-refractivity contribution in [3.8, 4) is 0 Å². The third-order valence-electron chi connectivity index (χ3n) is 2.22. The summed E-state index contributed by atoms with van der Waals surface area (Å²) in [7, 11) is 0. The Kier molecular flexibility index (Phi) is 2.83. The molecule has 1 unspecified atom stereocenters. The Labute approximate surface area is 81.8 Å². The summed E-state index contributed by atoms with van der Waals surface area (Å²) in [6, 6.07) is 0.837. The molecule has 0 amide bonds. The topological polar surface area (TPSA) is 86.2 Å². The first-order valence-electron chi connectivity index (χ1n) is 4.78. The van der Waals surface area contributed by atoms with Gasteiger partial charge in [0, 0.05) is 19.3 Å². The molecule has 1 aromatic rings. The van der Waals surface area contributed by atoms with E-state index < -0.39 is 0 Å². The summed E-state index contributed by atoms with van der Waals surface area (Å²) in [4.78, 5) is 0. The molecule has 0 saturated carbocycles. The SMILES string of the molecule is Nc1nnc(NC2CCCOCC2)o1. The molecule has 2 heterocycles. The molecular weight excluding hydrogens is 184 g/mol. The van der Waals surface area contributed by atoms with Crippen molar-refractivity contribution in [2.24, 2.45) is 0 Å². The minimum absolute atomic E-state index is 0.0948. The third kappa shape index (κ3) is 2.35. The summed E-state index contributed by atoms with van der Waals surface area (Å²) >= 11 is 0. The highest BCUT2D eigenvalue weighted by Gasteiger charge is 2.14. The normalized spacial score (nSPS) is 23.0. The number of anilines is 2. The van der Waals surface area contributed by atoms with Crippen LogP contribution in [0, 0.1) is 0 Å². The standard InChI is InChI=1S/C8H14N4O2/c9-7-11-12-8(14-7)10-6-2-1-4-13-5-3-6/h6H,1-5H2,(H2,9,11)(H,10,12). The zero-order valence-corrected chi connectivity index (χ0v) is 7.90. The van der Waals surface area contributed by atoms with Crippen molar-refractivity contribution in [3.05, 3.63) is 0 Å². The van der Waals surface area contributed by atoms with Crippen LogP contribution in [0.4, 0.5) is 12.0 Å². The Morgan fingerprint density at radius 2 is 2.21 bits per heavy atom. The predicted octanol–water partition coefficient (Wildman–Crippen LogP) is 0.633. The predicted molar refractivity (Wildman–Crippen MR) is 50.8 cm³/mol. The summed E-state index contributed by atoms with van der Waals surface area (Å²) in [6.07, 6.45) is 3.08. The summed E-state index contributed by atoms with van der Waals surface area (Å²) in [5.41, 5.74) is 5.31. The number of nitrogens with one attached hydrogen (secondary N) is 1. The van der Waals surface area contributed by atoms with Gasteiger partial charge in [-0.15, -0.1) is 0 Å². The van der Waals surface area contributed by atoms with Crippen molar-refractivity contribution in [3.63, 3.8) is 0 Å². The molecule has 78 valence electrons. The Hall–Kier alpha value is -1.30. The monoisotopic (exact) mass is 198 g/mol. The maximum Gasteiger partial charge on any atom is 0.317 e. The number of aromatic nitrogens is 2. The van der Waals surface area contributed by atoms with Gasteiger partial charge in [-0.25, -0.2) is 0 Å². The number of rotatable bonds is 2. The molecule has 1 saturated heterocycles. The van der Waals surface area contributed by atoms with E-state index in [1.165, 1.54) is 0 Å². The van der Waals surface area contributed by atoms with E-state index in [2.05, 4.69) is 15.5 Å². The molecule has 1 fully saturated rings. The lowest BCUT2D eigenvalue weighted by molar-refractivity contribution is 0.144. The third-order valence-corrected chi connectivity index (χ3v) is 2.22. The lowest BCUT2D eigenvalue weighted by Crippen LogP contribution is -2.19. The minimum Gasteiger partial charge on any atom is -0.390 e. The fourth-order valence-electron chi connectivity index (χ4n) is 1.52. The van der Waals surface area contributed by atoms with Gasteiger partial charge in [-0.2, -0.15) is 0 Å². The van der Waals surface area contributed by atoms with Gasteiger partial charge in [-0.1, -0.05) is 10.2 Å².